The molecule has 1 aromatic carbocycles. The van der Waals surface area contributed by atoms with Gasteiger partial charge < -0.3 is 20.1 Å². The van der Waals surface area contributed by atoms with Crippen molar-refractivity contribution in [1.29, 1.82) is 0 Å². The lowest BCUT2D eigenvalue weighted by Gasteiger charge is -2.43. The molecule has 1 spiro atoms. The number of nitrogens with zero attached hydrogens (tertiary/aromatic N) is 1. The summed E-state index contributed by atoms with van der Waals surface area (Å²) in [7, 11) is 0. The Labute approximate surface area is 127 Å². The van der Waals surface area contributed by atoms with E-state index in [1.807, 2.05) is 12.1 Å². The molecule has 2 unspecified atom stereocenters. The van der Waals surface area contributed by atoms with Crippen LogP contribution in [0.15, 0.2) is 24.3 Å². The molecule has 2 aliphatic heterocycles. The quantitative estimate of drug-likeness (QED) is 0.866. The van der Waals surface area contributed by atoms with Crippen molar-refractivity contribution in [3.8, 4) is 0 Å². The molecule has 0 bridgehead atoms. The summed E-state index contributed by atoms with van der Waals surface area (Å²) in [5.74, 6) is 0. The van der Waals surface area contributed by atoms with Gasteiger partial charge in [0.15, 0.2) is 0 Å². The second-order valence-corrected chi connectivity index (χ2v) is 6.27. The zero-order valence-corrected chi connectivity index (χ0v) is 12.9. The van der Waals surface area contributed by atoms with Crippen molar-refractivity contribution in [1.82, 2.24) is 0 Å². The molecular formula is C17H26N2O2. The van der Waals surface area contributed by atoms with Crippen LogP contribution < -0.4 is 10.6 Å². The summed E-state index contributed by atoms with van der Waals surface area (Å²) in [4.78, 5) is 2.53. The maximum atomic E-state index is 6.07. The summed E-state index contributed by atoms with van der Waals surface area (Å²) in [6, 6.07) is 8.79. The SMILES string of the molecule is CCCN(c1ccc(N)cc1)C1CCOC2(CCOC2)C1. The first-order chi connectivity index (χ1) is 10.2. The molecule has 2 heterocycles. The maximum Gasteiger partial charge on any atom is 0.0956 e. The summed E-state index contributed by atoms with van der Waals surface area (Å²) < 4.78 is 11.7. The Bertz CT molecular complexity index is 454. The Hall–Kier alpha value is -1.26. The molecule has 0 radical (unpaired) electrons. The zero-order valence-electron chi connectivity index (χ0n) is 12.9. The summed E-state index contributed by atoms with van der Waals surface area (Å²) in [6.07, 6.45) is 4.33. The maximum absolute atomic E-state index is 6.07. The van der Waals surface area contributed by atoms with E-state index in [0.29, 0.717) is 6.04 Å². The van der Waals surface area contributed by atoms with Gasteiger partial charge in [-0.15, -0.1) is 0 Å². The van der Waals surface area contributed by atoms with Crippen LogP contribution in [0.2, 0.25) is 0 Å². The highest BCUT2D eigenvalue weighted by Gasteiger charge is 2.42. The van der Waals surface area contributed by atoms with Gasteiger partial charge >= 0.3 is 0 Å². The fourth-order valence-corrected chi connectivity index (χ4v) is 3.56. The first-order valence-electron chi connectivity index (χ1n) is 8.06. The van der Waals surface area contributed by atoms with Gasteiger partial charge in [0.05, 0.1) is 12.2 Å². The molecule has 21 heavy (non-hydrogen) atoms. The van der Waals surface area contributed by atoms with Crippen molar-refractivity contribution >= 4 is 11.4 Å². The third kappa shape index (κ3) is 3.16. The Kier molecular flexibility index (Phi) is 4.36. The third-order valence-electron chi connectivity index (χ3n) is 4.66. The molecule has 116 valence electrons. The molecular weight excluding hydrogens is 264 g/mol. The van der Waals surface area contributed by atoms with Crippen molar-refractivity contribution in [2.45, 2.75) is 44.2 Å². The molecule has 0 saturated carbocycles. The molecule has 1 aromatic rings. The monoisotopic (exact) mass is 290 g/mol. The molecule has 3 rings (SSSR count). The number of hydrogen-bond acceptors (Lipinski definition) is 4. The van der Waals surface area contributed by atoms with Gasteiger partial charge in [-0.3, -0.25) is 0 Å². The molecule has 0 aromatic heterocycles. The minimum absolute atomic E-state index is 0.0390. The Morgan fingerprint density at radius 1 is 1.29 bits per heavy atom. The molecule has 4 nitrogen and oxygen atoms in total. The summed E-state index contributed by atoms with van der Waals surface area (Å²) in [6.45, 7) is 5.74. The normalized spacial score (nSPS) is 28.9. The molecule has 0 amide bonds. The molecule has 4 heteroatoms. The minimum Gasteiger partial charge on any atom is -0.399 e. The van der Waals surface area contributed by atoms with Crippen LogP contribution in [0.4, 0.5) is 11.4 Å². The molecule has 2 fully saturated rings. The predicted octanol–water partition coefficient (Wildman–Crippen LogP) is 2.82. The van der Waals surface area contributed by atoms with Crippen molar-refractivity contribution in [3.63, 3.8) is 0 Å². The Morgan fingerprint density at radius 3 is 2.76 bits per heavy atom. The minimum atomic E-state index is -0.0390. The number of anilines is 2. The van der Waals surface area contributed by atoms with E-state index in [1.54, 1.807) is 0 Å². The van der Waals surface area contributed by atoms with E-state index in [9.17, 15) is 0 Å². The first-order valence-corrected chi connectivity index (χ1v) is 8.06. The first kappa shape index (κ1) is 14.7. The second kappa shape index (κ2) is 6.24. The van der Waals surface area contributed by atoms with E-state index in [4.69, 9.17) is 15.2 Å². The fourth-order valence-electron chi connectivity index (χ4n) is 3.56. The van der Waals surface area contributed by atoms with Crippen LogP contribution in [0, 0.1) is 0 Å². The summed E-state index contributed by atoms with van der Waals surface area (Å²) in [5.41, 5.74) is 7.87. The van der Waals surface area contributed by atoms with Crippen molar-refractivity contribution in [2.24, 2.45) is 0 Å². The van der Waals surface area contributed by atoms with Gasteiger partial charge in [0.2, 0.25) is 0 Å². The Balaban J connectivity index is 1.78. The molecule has 0 aliphatic carbocycles. The van der Waals surface area contributed by atoms with Crippen LogP contribution in [-0.2, 0) is 9.47 Å². The van der Waals surface area contributed by atoms with Crippen molar-refractivity contribution < 1.29 is 9.47 Å². The number of nitrogen functional groups attached to an aromatic ring is 1. The zero-order chi connectivity index (χ0) is 14.7. The van der Waals surface area contributed by atoms with Crippen LogP contribution in [0.1, 0.15) is 32.6 Å². The highest BCUT2D eigenvalue weighted by atomic mass is 16.6. The van der Waals surface area contributed by atoms with E-state index in [-0.39, 0.29) is 5.60 Å². The van der Waals surface area contributed by atoms with Crippen LogP contribution >= 0.6 is 0 Å². The van der Waals surface area contributed by atoms with Gasteiger partial charge in [0.25, 0.3) is 0 Å². The van der Waals surface area contributed by atoms with Gasteiger partial charge in [-0.2, -0.15) is 0 Å². The van der Waals surface area contributed by atoms with E-state index in [1.165, 1.54) is 5.69 Å². The molecule has 2 atom stereocenters. The Morgan fingerprint density at radius 2 is 2.10 bits per heavy atom. The van der Waals surface area contributed by atoms with Crippen LogP contribution in [-0.4, -0.2) is 38.0 Å². The fraction of sp³-hybridized carbons (Fsp3) is 0.647. The standard InChI is InChI=1S/C17H26N2O2/c1-2-9-19(15-5-3-14(18)4-6-15)16-7-10-21-17(12-16)8-11-20-13-17/h3-6,16H,2,7-13,18H2,1H3. The van der Waals surface area contributed by atoms with Crippen LogP contribution in [0.3, 0.4) is 0 Å². The molecule has 2 aliphatic rings. The topological polar surface area (TPSA) is 47.7 Å². The van der Waals surface area contributed by atoms with Crippen molar-refractivity contribution in [2.75, 3.05) is 37.0 Å². The number of rotatable bonds is 4. The number of ether oxygens (including phenoxy) is 2. The lowest BCUT2D eigenvalue weighted by atomic mass is 9.88. The smallest absolute Gasteiger partial charge is 0.0956 e. The highest BCUT2D eigenvalue weighted by molar-refractivity contribution is 5.53. The van der Waals surface area contributed by atoms with E-state index >= 15 is 0 Å². The number of hydrogen-bond donors (Lipinski definition) is 1. The largest absolute Gasteiger partial charge is 0.399 e. The van der Waals surface area contributed by atoms with Crippen LogP contribution in [0.25, 0.3) is 0 Å². The number of benzene rings is 1. The third-order valence-corrected chi connectivity index (χ3v) is 4.66. The average Bonchev–Trinajstić information content (AvgIpc) is 2.94. The average molecular weight is 290 g/mol. The number of nitrogens with two attached hydrogens (primary N) is 1. The van der Waals surface area contributed by atoms with E-state index in [2.05, 4.69) is 24.0 Å². The van der Waals surface area contributed by atoms with Gasteiger partial charge in [-0.1, -0.05) is 6.92 Å². The lowest BCUT2D eigenvalue weighted by molar-refractivity contribution is -0.0859. The lowest BCUT2D eigenvalue weighted by Crippen LogP contribution is -2.49. The highest BCUT2D eigenvalue weighted by Crippen LogP contribution is 2.36. The van der Waals surface area contributed by atoms with E-state index in [0.717, 1.165) is 57.7 Å². The second-order valence-electron chi connectivity index (χ2n) is 6.27. The molecule has 2 saturated heterocycles. The molecule has 2 N–H and O–H groups in total. The summed E-state index contributed by atoms with van der Waals surface area (Å²) >= 11 is 0. The van der Waals surface area contributed by atoms with Crippen molar-refractivity contribution in [3.05, 3.63) is 24.3 Å². The van der Waals surface area contributed by atoms with Gasteiger partial charge in [-0.05, 0) is 43.5 Å². The summed E-state index contributed by atoms with van der Waals surface area (Å²) in [5, 5.41) is 0. The predicted molar refractivity (Wildman–Crippen MR) is 85.6 cm³/mol. The van der Waals surface area contributed by atoms with Gasteiger partial charge in [-0.25, -0.2) is 0 Å². The van der Waals surface area contributed by atoms with Crippen LogP contribution in [0.5, 0.6) is 0 Å². The van der Waals surface area contributed by atoms with Gasteiger partial charge in [0.1, 0.15) is 0 Å². The van der Waals surface area contributed by atoms with E-state index < -0.39 is 0 Å². The van der Waals surface area contributed by atoms with Gasteiger partial charge in [0, 0.05) is 43.6 Å².